The van der Waals surface area contributed by atoms with Crippen LogP contribution in [0.1, 0.15) is 11.1 Å². The molecule has 0 heterocycles. The fourth-order valence-electron chi connectivity index (χ4n) is 1.67. The maximum Gasteiger partial charge on any atom is 0.0992 e. The molecule has 0 aromatic heterocycles. The molecular formula is C15H13ClN2S. The first kappa shape index (κ1) is 13.8. The van der Waals surface area contributed by atoms with Crippen molar-refractivity contribution >= 4 is 29.1 Å². The minimum Gasteiger partial charge on any atom is -0.380 e. The van der Waals surface area contributed by atoms with Crippen LogP contribution in [0.3, 0.4) is 0 Å². The van der Waals surface area contributed by atoms with Gasteiger partial charge in [-0.05, 0) is 42.2 Å². The zero-order chi connectivity index (χ0) is 13.7. The Kier molecular flexibility index (Phi) is 4.73. The third-order valence-electron chi connectivity index (χ3n) is 2.74. The van der Waals surface area contributed by atoms with Crippen LogP contribution in [0, 0.1) is 11.3 Å². The van der Waals surface area contributed by atoms with Gasteiger partial charge < -0.3 is 5.32 Å². The number of nitrogens with zero attached hydrogens (tertiary/aromatic N) is 1. The van der Waals surface area contributed by atoms with E-state index < -0.39 is 0 Å². The summed E-state index contributed by atoms with van der Waals surface area (Å²) in [6.45, 7) is 0.709. The summed E-state index contributed by atoms with van der Waals surface area (Å²) in [6.07, 6.45) is 2.06. The van der Waals surface area contributed by atoms with Gasteiger partial charge in [-0.25, -0.2) is 0 Å². The molecule has 2 aromatic rings. The van der Waals surface area contributed by atoms with Gasteiger partial charge in [-0.3, -0.25) is 0 Å². The fourth-order valence-corrected chi connectivity index (χ4v) is 2.32. The Bertz CT molecular complexity index is 603. The molecule has 19 heavy (non-hydrogen) atoms. The molecule has 0 unspecified atom stereocenters. The number of rotatable bonds is 4. The number of nitriles is 1. The fraction of sp³-hybridized carbons (Fsp3) is 0.133. The molecule has 0 aliphatic heterocycles. The van der Waals surface area contributed by atoms with E-state index >= 15 is 0 Å². The summed E-state index contributed by atoms with van der Waals surface area (Å²) in [5.74, 6) is 0. The van der Waals surface area contributed by atoms with Crippen LogP contribution in [0.4, 0.5) is 5.69 Å². The summed E-state index contributed by atoms with van der Waals surface area (Å²) in [5, 5.41) is 12.6. The lowest BCUT2D eigenvalue weighted by molar-refractivity contribution is 1.14. The van der Waals surface area contributed by atoms with Gasteiger partial charge in [-0.2, -0.15) is 5.26 Å². The SMILES string of the molecule is CSc1ccc(CNc2ccc(C#N)cc2Cl)cc1. The molecule has 0 aliphatic rings. The highest BCUT2D eigenvalue weighted by Crippen LogP contribution is 2.23. The van der Waals surface area contributed by atoms with Crippen LogP contribution in [-0.4, -0.2) is 6.26 Å². The van der Waals surface area contributed by atoms with Crippen molar-refractivity contribution in [3.8, 4) is 6.07 Å². The number of halogens is 1. The topological polar surface area (TPSA) is 35.8 Å². The predicted octanol–water partition coefficient (Wildman–Crippen LogP) is 4.55. The summed E-state index contributed by atoms with van der Waals surface area (Å²) in [4.78, 5) is 1.25. The Morgan fingerprint density at radius 3 is 2.53 bits per heavy atom. The van der Waals surface area contributed by atoms with Crippen molar-refractivity contribution in [3.05, 3.63) is 58.6 Å². The summed E-state index contributed by atoms with van der Waals surface area (Å²) in [5.41, 5.74) is 2.60. The average Bonchev–Trinajstić information content (AvgIpc) is 2.46. The summed E-state index contributed by atoms with van der Waals surface area (Å²) >= 11 is 7.83. The van der Waals surface area contributed by atoms with E-state index in [1.165, 1.54) is 10.5 Å². The summed E-state index contributed by atoms with van der Waals surface area (Å²) < 4.78 is 0. The smallest absolute Gasteiger partial charge is 0.0992 e. The molecule has 0 spiro atoms. The van der Waals surface area contributed by atoms with E-state index in [9.17, 15) is 0 Å². The van der Waals surface area contributed by atoms with E-state index in [2.05, 4.69) is 41.9 Å². The quantitative estimate of drug-likeness (QED) is 0.839. The second-order valence-corrected chi connectivity index (χ2v) is 5.29. The van der Waals surface area contributed by atoms with Crippen molar-refractivity contribution in [2.75, 3.05) is 11.6 Å². The van der Waals surface area contributed by atoms with Crippen molar-refractivity contribution in [2.45, 2.75) is 11.4 Å². The van der Waals surface area contributed by atoms with E-state index in [0.717, 1.165) is 5.69 Å². The molecule has 0 aliphatic carbocycles. The molecule has 0 radical (unpaired) electrons. The van der Waals surface area contributed by atoms with Crippen molar-refractivity contribution in [1.29, 1.82) is 5.26 Å². The Morgan fingerprint density at radius 2 is 1.95 bits per heavy atom. The van der Waals surface area contributed by atoms with Crippen LogP contribution in [0.5, 0.6) is 0 Å². The van der Waals surface area contributed by atoms with E-state index in [4.69, 9.17) is 16.9 Å². The molecule has 0 saturated heterocycles. The first-order valence-corrected chi connectivity index (χ1v) is 7.39. The molecule has 0 fully saturated rings. The molecular weight excluding hydrogens is 276 g/mol. The van der Waals surface area contributed by atoms with E-state index in [0.29, 0.717) is 17.1 Å². The minimum atomic E-state index is 0.569. The molecule has 2 nitrogen and oxygen atoms in total. The van der Waals surface area contributed by atoms with Gasteiger partial charge in [0.25, 0.3) is 0 Å². The van der Waals surface area contributed by atoms with Crippen molar-refractivity contribution < 1.29 is 0 Å². The van der Waals surface area contributed by atoms with Gasteiger partial charge in [0.2, 0.25) is 0 Å². The Hall–Kier alpha value is -1.63. The minimum absolute atomic E-state index is 0.569. The lowest BCUT2D eigenvalue weighted by atomic mass is 10.2. The molecule has 0 amide bonds. The predicted molar refractivity (Wildman–Crippen MR) is 81.7 cm³/mol. The molecule has 4 heteroatoms. The average molecular weight is 289 g/mol. The van der Waals surface area contributed by atoms with Gasteiger partial charge in [0.1, 0.15) is 0 Å². The van der Waals surface area contributed by atoms with E-state index in [-0.39, 0.29) is 0 Å². The third kappa shape index (κ3) is 3.66. The van der Waals surface area contributed by atoms with Gasteiger partial charge in [0, 0.05) is 11.4 Å². The van der Waals surface area contributed by atoms with Crippen molar-refractivity contribution in [1.82, 2.24) is 0 Å². The van der Waals surface area contributed by atoms with E-state index in [1.807, 2.05) is 6.07 Å². The highest BCUT2D eigenvalue weighted by Gasteiger charge is 2.01. The van der Waals surface area contributed by atoms with Crippen LogP contribution >= 0.6 is 23.4 Å². The van der Waals surface area contributed by atoms with Gasteiger partial charge >= 0.3 is 0 Å². The number of benzene rings is 2. The van der Waals surface area contributed by atoms with Crippen molar-refractivity contribution in [3.63, 3.8) is 0 Å². The van der Waals surface area contributed by atoms with Crippen LogP contribution in [0.15, 0.2) is 47.4 Å². The first-order chi connectivity index (χ1) is 9.22. The zero-order valence-electron chi connectivity index (χ0n) is 10.5. The largest absolute Gasteiger partial charge is 0.380 e. The highest BCUT2D eigenvalue weighted by atomic mass is 35.5. The molecule has 0 atom stereocenters. The lowest BCUT2D eigenvalue weighted by Crippen LogP contribution is -1.99. The molecule has 0 saturated carbocycles. The number of hydrogen-bond donors (Lipinski definition) is 1. The highest BCUT2D eigenvalue weighted by molar-refractivity contribution is 7.98. The first-order valence-electron chi connectivity index (χ1n) is 5.79. The second-order valence-electron chi connectivity index (χ2n) is 4.01. The van der Waals surface area contributed by atoms with E-state index in [1.54, 1.807) is 23.9 Å². The van der Waals surface area contributed by atoms with Crippen LogP contribution < -0.4 is 5.32 Å². The molecule has 96 valence electrons. The Balaban J connectivity index is 2.04. The Labute approximate surface area is 122 Å². The zero-order valence-corrected chi connectivity index (χ0v) is 12.1. The van der Waals surface area contributed by atoms with Gasteiger partial charge in [0.05, 0.1) is 22.3 Å². The maximum absolute atomic E-state index is 8.78. The lowest BCUT2D eigenvalue weighted by Gasteiger charge is -2.09. The summed E-state index contributed by atoms with van der Waals surface area (Å²) in [6, 6.07) is 15.7. The molecule has 0 bridgehead atoms. The van der Waals surface area contributed by atoms with Crippen LogP contribution in [0.2, 0.25) is 5.02 Å². The number of nitrogens with one attached hydrogen (secondary N) is 1. The molecule has 2 rings (SSSR count). The summed E-state index contributed by atoms with van der Waals surface area (Å²) in [7, 11) is 0. The standard InChI is InChI=1S/C15H13ClN2S/c1-19-13-5-2-11(3-6-13)10-18-15-7-4-12(9-17)8-14(15)16/h2-8,18H,10H2,1H3. The third-order valence-corrected chi connectivity index (χ3v) is 3.80. The maximum atomic E-state index is 8.78. The van der Waals surface area contributed by atoms with Crippen LogP contribution in [0.25, 0.3) is 0 Å². The van der Waals surface area contributed by atoms with Crippen LogP contribution in [-0.2, 0) is 6.54 Å². The normalized spacial score (nSPS) is 9.95. The van der Waals surface area contributed by atoms with Gasteiger partial charge in [-0.1, -0.05) is 23.7 Å². The molecule has 2 aromatic carbocycles. The molecule has 1 N–H and O–H groups in total. The van der Waals surface area contributed by atoms with Gasteiger partial charge in [-0.15, -0.1) is 11.8 Å². The number of anilines is 1. The monoisotopic (exact) mass is 288 g/mol. The second kappa shape index (κ2) is 6.51. The Morgan fingerprint density at radius 1 is 1.21 bits per heavy atom. The number of thioether (sulfide) groups is 1. The van der Waals surface area contributed by atoms with Gasteiger partial charge in [0.15, 0.2) is 0 Å². The number of hydrogen-bond acceptors (Lipinski definition) is 3. The van der Waals surface area contributed by atoms with Crippen molar-refractivity contribution in [2.24, 2.45) is 0 Å².